The van der Waals surface area contributed by atoms with Crippen LogP contribution in [0.5, 0.6) is 0 Å². The van der Waals surface area contributed by atoms with Gasteiger partial charge in [-0.1, -0.05) is 5.92 Å². The molecule has 4 heteroatoms. The van der Waals surface area contributed by atoms with E-state index in [9.17, 15) is 5.11 Å². The molecule has 0 aromatic heterocycles. The van der Waals surface area contributed by atoms with E-state index in [-0.39, 0.29) is 25.0 Å². The molecular weight excluding hydrogens is 170 g/mol. The minimum Gasteiger partial charge on any atom is -0.389 e. The second-order valence-electron chi connectivity index (χ2n) is 3.18. The summed E-state index contributed by atoms with van der Waals surface area (Å²) in [6, 6.07) is -0.300. The molecule has 0 bridgehead atoms. The monoisotopic (exact) mass is 185 g/mol. The van der Waals surface area contributed by atoms with Gasteiger partial charge in [-0.05, 0) is 6.92 Å². The Morgan fingerprint density at radius 2 is 2.46 bits per heavy atom. The van der Waals surface area contributed by atoms with Crippen molar-refractivity contribution in [3.05, 3.63) is 0 Å². The summed E-state index contributed by atoms with van der Waals surface area (Å²) < 4.78 is 10.5. The summed E-state index contributed by atoms with van der Waals surface area (Å²) in [4.78, 5) is 0. The summed E-state index contributed by atoms with van der Waals surface area (Å²) >= 11 is 0. The molecule has 0 aromatic carbocycles. The highest BCUT2D eigenvalue weighted by atomic mass is 16.7. The minimum atomic E-state index is -0.620. The second-order valence-corrected chi connectivity index (χ2v) is 3.18. The van der Waals surface area contributed by atoms with Gasteiger partial charge in [-0.2, -0.15) is 0 Å². The molecule has 13 heavy (non-hydrogen) atoms. The second kappa shape index (κ2) is 4.58. The van der Waals surface area contributed by atoms with Crippen molar-refractivity contribution in [2.75, 3.05) is 6.61 Å². The molecule has 0 radical (unpaired) electrons. The Labute approximate surface area is 78.0 Å². The molecule has 0 amide bonds. The van der Waals surface area contributed by atoms with Gasteiger partial charge in [0.1, 0.15) is 6.61 Å². The lowest BCUT2D eigenvalue weighted by Gasteiger charge is -2.35. The number of ether oxygens (including phenoxy) is 2. The molecule has 0 aliphatic carbocycles. The zero-order chi connectivity index (χ0) is 9.84. The molecule has 1 rings (SSSR count). The fraction of sp³-hybridized carbons (Fsp3) is 0.778. The van der Waals surface area contributed by atoms with Crippen molar-refractivity contribution < 1.29 is 14.6 Å². The van der Waals surface area contributed by atoms with E-state index < -0.39 is 6.10 Å². The lowest BCUT2D eigenvalue weighted by molar-refractivity contribution is -0.217. The van der Waals surface area contributed by atoms with E-state index in [1.807, 2.05) is 0 Å². The third-order valence-electron chi connectivity index (χ3n) is 2.10. The molecule has 3 N–H and O–H groups in total. The molecule has 0 unspecified atom stereocenters. The number of rotatable bonds is 2. The average molecular weight is 185 g/mol. The van der Waals surface area contributed by atoms with Crippen LogP contribution in [0.3, 0.4) is 0 Å². The van der Waals surface area contributed by atoms with Crippen LogP contribution in [0.1, 0.15) is 13.3 Å². The number of hydrogen-bond donors (Lipinski definition) is 2. The van der Waals surface area contributed by atoms with Crippen LogP contribution in [0, 0.1) is 12.3 Å². The Balaban J connectivity index is 2.40. The van der Waals surface area contributed by atoms with Crippen LogP contribution >= 0.6 is 0 Å². The highest BCUT2D eigenvalue weighted by molar-refractivity contribution is 4.86. The summed E-state index contributed by atoms with van der Waals surface area (Å²) in [5, 5.41) is 9.44. The number of terminal acetylenes is 1. The maximum absolute atomic E-state index is 9.44. The van der Waals surface area contributed by atoms with Crippen molar-refractivity contribution in [1.82, 2.24) is 0 Å². The van der Waals surface area contributed by atoms with Crippen LogP contribution in [0.2, 0.25) is 0 Å². The Kier molecular flexibility index (Phi) is 3.70. The van der Waals surface area contributed by atoms with Crippen LogP contribution in [-0.2, 0) is 9.47 Å². The topological polar surface area (TPSA) is 64.7 Å². The van der Waals surface area contributed by atoms with Crippen molar-refractivity contribution in [3.8, 4) is 12.3 Å². The van der Waals surface area contributed by atoms with Crippen LogP contribution < -0.4 is 5.73 Å². The molecule has 0 aromatic rings. The summed E-state index contributed by atoms with van der Waals surface area (Å²) in [5.41, 5.74) is 5.67. The van der Waals surface area contributed by atoms with Gasteiger partial charge in [0.2, 0.25) is 0 Å². The smallest absolute Gasteiger partial charge is 0.160 e. The molecule has 0 spiro atoms. The molecule has 1 aliphatic rings. The van der Waals surface area contributed by atoms with Gasteiger partial charge in [0, 0.05) is 12.5 Å². The third-order valence-corrected chi connectivity index (χ3v) is 2.10. The van der Waals surface area contributed by atoms with E-state index >= 15 is 0 Å². The van der Waals surface area contributed by atoms with Crippen molar-refractivity contribution >= 4 is 0 Å². The summed E-state index contributed by atoms with van der Waals surface area (Å²) in [6.07, 6.45) is 4.21. The highest BCUT2D eigenvalue weighted by Gasteiger charge is 2.33. The van der Waals surface area contributed by atoms with E-state index in [4.69, 9.17) is 21.6 Å². The highest BCUT2D eigenvalue weighted by Crippen LogP contribution is 2.19. The van der Waals surface area contributed by atoms with E-state index in [1.165, 1.54) is 0 Å². The zero-order valence-corrected chi connectivity index (χ0v) is 7.64. The van der Waals surface area contributed by atoms with Crippen LogP contribution in [0.15, 0.2) is 0 Å². The molecule has 74 valence electrons. The molecule has 4 atom stereocenters. The van der Waals surface area contributed by atoms with Crippen molar-refractivity contribution in [2.24, 2.45) is 5.73 Å². The van der Waals surface area contributed by atoms with Crippen molar-refractivity contribution in [2.45, 2.75) is 37.9 Å². The standard InChI is InChI=1S/C9H15NO3/c1-3-4-12-8-5-7(10)9(11)6(2)13-8/h1,6-9,11H,4-5,10H2,2H3/t6-,7-,8+,9+/m0/s1. The normalized spacial score (nSPS) is 39.8. The third kappa shape index (κ3) is 2.68. The van der Waals surface area contributed by atoms with Gasteiger partial charge in [0.15, 0.2) is 6.29 Å². The lowest BCUT2D eigenvalue weighted by atomic mass is 10.0. The maximum Gasteiger partial charge on any atom is 0.160 e. The van der Waals surface area contributed by atoms with Gasteiger partial charge < -0.3 is 20.3 Å². The quantitative estimate of drug-likeness (QED) is 0.567. The number of hydrogen-bond acceptors (Lipinski definition) is 4. The van der Waals surface area contributed by atoms with Crippen LogP contribution in [0.4, 0.5) is 0 Å². The van der Waals surface area contributed by atoms with Gasteiger partial charge in [0.05, 0.1) is 12.2 Å². The molecular formula is C9H15NO3. The molecule has 1 heterocycles. The first-order chi connectivity index (χ1) is 6.15. The average Bonchev–Trinajstić information content (AvgIpc) is 2.10. The predicted molar refractivity (Wildman–Crippen MR) is 47.7 cm³/mol. The van der Waals surface area contributed by atoms with Gasteiger partial charge in [-0.3, -0.25) is 0 Å². The first kappa shape index (κ1) is 10.5. The first-order valence-electron chi connectivity index (χ1n) is 4.29. The molecule has 0 saturated carbocycles. The zero-order valence-electron chi connectivity index (χ0n) is 7.64. The minimum absolute atomic E-state index is 0.209. The number of aliphatic hydroxyl groups excluding tert-OH is 1. The maximum atomic E-state index is 9.44. The number of nitrogens with two attached hydrogens (primary N) is 1. The van der Waals surface area contributed by atoms with Gasteiger partial charge in [-0.25, -0.2) is 0 Å². The number of aliphatic hydroxyl groups is 1. The van der Waals surface area contributed by atoms with Gasteiger partial charge in [0.25, 0.3) is 0 Å². The SMILES string of the molecule is C#CCO[C@H]1C[C@H](N)[C@H](O)[C@H](C)O1. The Bertz CT molecular complexity index is 190. The fourth-order valence-electron chi connectivity index (χ4n) is 1.33. The van der Waals surface area contributed by atoms with E-state index in [0.29, 0.717) is 6.42 Å². The van der Waals surface area contributed by atoms with E-state index in [0.717, 1.165) is 0 Å². The Morgan fingerprint density at radius 3 is 3.00 bits per heavy atom. The molecule has 1 fully saturated rings. The lowest BCUT2D eigenvalue weighted by Crippen LogP contribution is -2.51. The Hall–Kier alpha value is -0.600. The predicted octanol–water partition coefficient (Wildman–Crippen LogP) is -0.541. The van der Waals surface area contributed by atoms with Gasteiger partial charge in [-0.15, -0.1) is 6.42 Å². The van der Waals surface area contributed by atoms with Crippen molar-refractivity contribution in [1.29, 1.82) is 0 Å². The fourth-order valence-corrected chi connectivity index (χ4v) is 1.33. The van der Waals surface area contributed by atoms with Gasteiger partial charge >= 0.3 is 0 Å². The first-order valence-corrected chi connectivity index (χ1v) is 4.29. The van der Waals surface area contributed by atoms with Crippen molar-refractivity contribution in [3.63, 3.8) is 0 Å². The summed E-state index contributed by atoms with van der Waals surface area (Å²) in [6.45, 7) is 1.97. The molecule has 1 saturated heterocycles. The molecule has 4 nitrogen and oxygen atoms in total. The van der Waals surface area contributed by atoms with Crippen LogP contribution in [-0.4, -0.2) is 36.3 Å². The summed E-state index contributed by atoms with van der Waals surface area (Å²) in [7, 11) is 0. The Morgan fingerprint density at radius 1 is 1.77 bits per heavy atom. The molecule has 1 aliphatic heterocycles. The van der Waals surface area contributed by atoms with E-state index in [2.05, 4.69) is 5.92 Å². The van der Waals surface area contributed by atoms with Crippen LogP contribution in [0.25, 0.3) is 0 Å². The largest absolute Gasteiger partial charge is 0.389 e. The van der Waals surface area contributed by atoms with E-state index in [1.54, 1.807) is 6.92 Å². The summed E-state index contributed by atoms with van der Waals surface area (Å²) in [5.74, 6) is 2.35.